The quantitative estimate of drug-likeness (QED) is 0.309. The van der Waals surface area contributed by atoms with E-state index in [1.54, 1.807) is 37.5 Å². The molecule has 1 amide bonds. The van der Waals surface area contributed by atoms with Gasteiger partial charge in [-0.05, 0) is 72.2 Å². The number of amides is 1. The molecule has 0 heterocycles. The lowest BCUT2D eigenvalue weighted by Crippen LogP contribution is -2.32. The predicted octanol–water partition coefficient (Wildman–Crippen LogP) is 3.74. The monoisotopic (exact) mass is 495 g/mol. The zero-order valence-corrected chi connectivity index (χ0v) is 20.2. The molecule has 0 bridgehead atoms. The summed E-state index contributed by atoms with van der Waals surface area (Å²) in [5, 5.41) is 5.51. The fourth-order valence-corrected chi connectivity index (χ4v) is 4.23. The normalized spacial score (nSPS) is 11.2. The van der Waals surface area contributed by atoms with Crippen molar-refractivity contribution in [1.29, 1.82) is 0 Å². The summed E-state index contributed by atoms with van der Waals surface area (Å²) in [5.74, 6) is 0.337. The highest BCUT2D eigenvalue weighted by Gasteiger charge is 2.13. The first kappa shape index (κ1) is 25.1. The first-order chi connectivity index (χ1) is 16.4. The molecule has 0 aliphatic heterocycles. The molecule has 9 heteroatoms. The van der Waals surface area contributed by atoms with Crippen molar-refractivity contribution in [2.45, 2.75) is 11.3 Å². The minimum atomic E-state index is -3.63. The zero-order chi connectivity index (χ0) is 24.4. The lowest BCUT2D eigenvalue weighted by molar-refractivity contribution is -0.115. The minimum absolute atomic E-state index is 0.0981. The molecule has 3 aromatic carbocycles. The Morgan fingerprint density at radius 2 is 1.65 bits per heavy atom. The van der Waals surface area contributed by atoms with Crippen LogP contribution in [-0.2, 0) is 21.2 Å². The highest BCUT2D eigenvalue weighted by atomic mass is 32.2. The van der Waals surface area contributed by atoms with Gasteiger partial charge in [0.15, 0.2) is 5.11 Å². The zero-order valence-electron chi connectivity index (χ0n) is 18.5. The van der Waals surface area contributed by atoms with Crippen molar-refractivity contribution in [3.8, 4) is 5.75 Å². The molecule has 0 saturated heterocycles. The summed E-state index contributed by atoms with van der Waals surface area (Å²) in [7, 11) is -2.04. The van der Waals surface area contributed by atoms with Gasteiger partial charge in [-0.25, -0.2) is 13.1 Å². The summed E-state index contributed by atoms with van der Waals surface area (Å²) in [6.45, 7) is 0.298. The molecule has 0 aliphatic carbocycles. The summed E-state index contributed by atoms with van der Waals surface area (Å²) in [6, 6.07) is 23.0. The van der Waals surface area contributed by atoms with E-state index < -0.39 is 15.9 Å². The molecule has 0 atom stereocenters. The Labute approximate surface area is 204 Å². The van der Waals surface area contributed by atoms with Crippen LogP contribution in [0.2, 0.25) is 0 Å². The number of ether oxygens (including phenoxy) is 1. The maximum atomic E-state index is 12.5. The maximum Gasteiger partial charge on any atom is 0.250 e. The molecule has 3 aromatic rings. The summed E-state index contributed by atoms with van der Waals surface area (Å²) < 4.78 is 32.7. The topological polar surface area (TPSA) is 96.5 Å². The van der Waals surface area contributed by atoms with Crippen molar-refractivity contribution in [2.24, 2.45) is 0 Å². The van der Waals surface area contributed by atoms with Crippen molar-refractivity contribution >= 4 is 45.0 Å². The molecular formula is C25H25N3O4S2. The number of carbonyl (C=O) groups is 1. The molecule has 34 heavy (non-hydrogen) atoms. The number of hydrogen-bond donors (Lipinski definition) is 3. The van der Waals surface area contributed by atoms with Crippen molar-refractivity contribution < 1.29 is 17.9 Å². The molecule has 176 valence electrons. The van der Waals surface area contributed by atoms with Crippen LogP contribution in [0.25, 0.3) is 6.08 Å². The Kier molecular flexibility index (Phi) is 8.92. The molecule has 3 rings (SSSR count). The van der Waals surface area contributed by atoms with Crippen molar-refractivity contribution in [3.63, 3.8) is 0 Å². The third-order valence-electron chi connectivity index (χ3n) is 4.75. The summed E-state index contributed by atoms with van der Waals surface area (Å²) in [5.41, 5.74) is 2.44. The van der Waals surface area contributed by atoms with E-state index in [1.165, 1.54) is 18.2 Å². The van der Waals surface area contributed by atoms with Crippen LogP contribution >= 0.6 is 12.2 Å². The minimum Gasteiger partial charge on any atom is -0.497 e. The summed E-state index contributed by atoms with van der Waals surface area (Å²) in [4.78, 5) is 12.2. The Morgan fingerprint density at radius 3 is 2.29 bits per heavy atom. The third kappa shape index (κ3) is 7.80. The van der Waals surface area contributed by atoms with E-state index in [-0.39, 0.29) is 10.0 Å². The van der Waals surface area contributed by atoms with Gasteiger partial charge in [0.25, 0.3) is 0 Å². The van der Waals surface area contributed by atoms with Crippen LogP contribution < -0.4 is 20.1 Å². The van der Waals surface area contributed by atoms with E-state index in [2.05, 4.69) is 15.4 Å². The van der Waals surface area contributed by atoms with Crippen LogP contribution in [0, 0.1) is 0 Å². The average Bonchev–Trinajstić information content (AvgIpc) is 2.84. The van der Waals surface area contributed by atoms with Gasteiger partial charge >= 0.3 is 0 Å². The molecule has 0 aliphatic rings. The Balaban J connectivity index is 1.48. The fraction of sp³-hybridized carbons (Fsp3) is 0.120. The van der Waals surface area contributed by atoms with Gasteiger partial charge in [-0.1, -0.05) is 42.5 Å². The number of hydrogen-bond acceptors (Lipinski definition) is 5. The molecule has 3 N–H and O–H groups in total. The van der Waals surface area contributed by atoms with Crippen molar-refractivity contribution in [3.05, 3.63) is 96.1 Å². The number of thiocarbonyl (C=S) groups is 1. The van der Waals surface area contributed by atoms with Gasteiger partial charge in [0, 0.05) is 18.3 Å². The lowest BCUT2D eigenvalue weighted by Gasteiger charge is -2.10. The summed E-state index contributed by atoms with van der Waals surface area (Å²) in [6.07, 6.45) is 3.62. The van der Waals surface area contributed by atoms with Crippen LogP contribution in [0.3, 0.4) is 0 Å². The van der Waals surface area contributed by atoms with Crippen LogP contribution in [0.1, 0.15) is 11.1 Å². The second kappa shape index (κ2) is 12.1. The molecule has 7 nitrogen and oxygen atoms in total. The van der Waals surface area contributed by atoms with Gasteiger partial charge in [-0.15, -0.1) is 0 Å². The number of anilines is 1. The molecule has 0 unspecified atom stereocenters. The second-order valence-electron chi connectivity index (χ2n) is 7.21. The maximum absolute atomic E-state index is 12.5. The summed E-state index contributed by atoms with van der Waals surface area (Å²) >= 11 is 5.16. The van der Waals surface area contributed by atoms with Crippen molar-refractivity contribution in [2.75, 3.05) is 19.0 Å². The highest BCUT2D eigenvalue weighted by molar-refractivity contribution is 7.89. The van der Waals surface area contributed by atoms with Gasteiger partial charge < -0.3 is 10.1 Å². The van der Waals surface area contributed by atoms with Gasteiger partial charge in [0.2, 0.25) is 15.9 Å². The molecule has 0 fully saturated rings. The highest BCUT2D eigenvalue weighted by Crippen LogP contribution is 2.14. The largest absolute Gasteiger partial charge is 0.497 e. The number of nitrogens with one attached hydrogen (secondary N) is 3. The number of carbonyl (C=O) groups excluding carboxylic acids is 1. The van der Waals surface area contributed by atoms with Crippen LogP contribution in [0.15, 0.2) is 89.8 Å². The predicted molar refractivity (Wildman–Crippen MR) is 138 cm³/mol. The van der Waals surface area contributed by atoms with Crippen LogP contribution in [0.4, 0.5) is 5.69 Å². The molecule has 0 aromatic heterocycles. The SMILES string of the molecule is COc1ccc(C=CC(=O)NC(=S)Nc2ccc(S(=O)(=O)NCCc3ccccc3)cc2)cc1. The standard InChI is InChI=1S/C25H25N3O4S2/c1-32-22-12-7-20(8-13-22)9-16-24(29)28-25(33)27-21-10-14-23(15-11-21)34(30,31)26-18-17-19-5-3-2-4-6-19/h2-16,26H,17-18H2,1H3,(H2,27,28,29,33). The van der Waals surface area contributed by atoms with Gasteiger partial charge in [-0.2, -0.15) is 0 Å². The Bertz CT molecular complexity index is 1240. The van der Waals surface area contributed by atoms with Gasteiger partial charge in [0.1, 0.15) is 5.75 Å². The number of benzene rings is 3. The fourth-order valence-electron chi connectivity index (χ4n) is 2.98. The van der Waals surface area contributed by atoms with Gasteiger partial charge in [0.05, 0.1) is 12.0 Å². The smallest absolute Gasteiger partial charge is 0.250 e. The first-order valence-corrected chi connectivity index (χ1v) is 12.3. The lowest BCUT2D eigenvalue weighted by atomic mass is 10.2. The number of methoxy groups -OCH3 is 1. The van der Waals surface area contributed by atoms with E-state index in [0.717, 1.165) is 16.9 Å². The first-order valence-electron chi connectivity index (χ1n) is 10.4. The van der Waals surface area contributed by atoms with Gasteiger partial charge in [-0.3, -0.25) is 10.1 Å². The molecule has 0 saturated carbocycles. The van der Waals surface area contributed by atoms with Crippen LogP contribution in [0.5, 0.6) is 5.75 Å². The Hall–Kier alpha value is -3.53. The van der Waals surface area contributed by atoms with E-state index in [4.69, 9.17) is 17.0 Å². The van der Waals surface area contributed by atoms with E-state index >= 15 is 0 Å². The second-order valence-corrected chi connectivity index (χ2v) is 9.38. The Morgan fingerprint density at radius 1 is 0.971 bits per heavy atom. The molecular weight excluding hydrogens is 470 g/mol. The van der Waals surface area contributed by atoms with Crippen LogP contribution in [-0.4, -0.2) is 33.1 Å². The number of rotatable bonds is 9. The average molecular weight is 496 g/mol. The molecule has 0 spiro atoms. The molecule has 0 radical (unpaired) electrons. The van der Waals surface area contributed by atoms with E-state index in [0.29, 0.717) is 18.7 Å². The van der Waals surface area contributed by atoms with E-state index in [9.17, 15) is 13.2 Å². The third-order valence-corrected chi connectivity index (χ3v) is 6.43. The van der Waals surface area contributed by atoms with E-state index in [1.807, 2.05) is 42.5 Å². The van der Waals surface area contributed by atoms with Crippen molar-refractivity contribution in [1.82, 2.24) is 10.0 Å². The number of sulfonamides is 1.